The highest BCUT2D eigenvalue weighted by atomic mass is 32.2. The third kappa shape index (κ3) is 0.895. The molecule has 0 unspecified atom stereocenters. The molecule has 1 heterocycles. The molecule has 1 amide bonds. The van der Waals surface area contributed by atoms with E-state index in [1.54, 1.807) is 0 Å². The molecule has 0 aliphatic carbocycles. The van der Waals surface area contributed by atoms with Crippen LogP contribution in [0.5, 0.6) is 0 Å². The molecular formula is C7H5NO4S. The highest BCUT2D eigenvalue weighted by Gasteiger charge is 2.40. The molecule has 68 valence electrons. The standard InChI is InChI=1S/C7H5NO4S/c9-7-5-3-1-2-4-6(5)13(11,12)8(7)10/h1-4,10H. The first-order valence-electron chi connectivity index (χ1n) is 3.43. The first kappa shape index (κ1) is 8.21. The molecule has 5 nitrogen and oxygen atoms in total. The maximum Gasteiger partial charge on any atom is 0.293 e. The van der Waals surface area contributed by atoms with Crippen molar-refractivity contribution in [2.24, 2.45) is 0 Å². The van der Waals surface area contributed by atoms with Crippen molar-refractivity contribution in [2.75, 3.05) is 0 Å². The van der Waals surface area contributed by atoms with Gasteiger partial charge in [-0.3, -0.25) is 10.0 Å². The Kier molecular flexibility index (Phi) is 1.45. The van der Waals surface area contributed by atoms with Crippen molar-refractivity contribution < 1.29 is 18.4 Å². The van der Waals surface area contributed by atoms with Gasteiger partial charge in [0.05, 0.1) is 5.56 Å². The average molecular weight is 199 g/mol. The molecule has 2 rings (SSSR count). The molecule has 1 aromatic carbocycles. The number of sulfonamides is 1. The summed E-state index contributed by atoms with van der Waals surface area (Å²) in [6.45, 7) is 0. The Morgan fingerprint density at radius 2 is 1.85 bits per heavy atom. The number of nitrogens with zero attached hydrogens (tertiary/aromatic N) is 1. The molecule has 0 aromatic heterocycles. The van der Waals surface area contributed by atoms with E-state index in [9.17, 15) is 13.2 Å². The Bertz CT molecular complexity index is 479. The third-order valence-corrected chi connectivity index (χ3v) is 3.33. The van der Waals surface area contributed by atoms with Crippen LogP contribution in [-0.4, -0.2) is 24.0 Å². The minimum atomic E-state index is -3.99. The molecule has 0 radical (unpaired) electrons. The molecule has 0 spiro atoms. The number of benzene rings is 1. The van der Waals surface area contributed by atoms with Gasteiger partial charge in [0, 0.05) is 0 Å². The van der Waals surface area contributed by atoms with Gasteiger partial charge in [-0.05, 0) is 12.1 Å². The summed E-state index contributed by atoms with van der Waals surface area (Å²) in [5.41, 5.74) is 0.00463. The second-order valence-corrected chi connectivity index (χ2v) is 4.29. The Morgan fingerprint density at radius 3 is 2.46 bits per heavy atom. The van der Waals surface area contributed by atoms with Crippen LogP contribution in [0, 0.1) is 0 Å². The van der Waals surface area contributed by atoms with Gasteiger partial charge in [-0.15, -0.1) is 4.47 Å². The zero-order valence-electron chi connectivity index (χ0n) is 6.34. The van der Waals surface area contributed by atoms with Crippen molar-refractivity contribution in [3.8, 4) is 0 Å². The summed E-state index contributed by atoms with van der Waals surface area (Å²) in [5.74, 6) is -0.907. The first-order valence-corrected chi connectivity index (χ1v) is 4.87. The Hall–Kier alpha value is -1.40. The summed E-state index contributed by atoms with van der Waals surface area (Å²) in [4.78, 5) is 11.0. The predicted molar refractivity (Wildman–Crippen MR) is 41.6 cm³/mol. The summed E-state index contributed by atoms with van der Waals surface area (Å²) in [6, 6.07) is 5.65. The summed E-state index contributed by atoms with van der Waals surface area (Å²) >= 11 is 0. The van der Waals surface area contributed by atoms with Crippen LogP contribution in [0.4, 0.5) is 0 Å². The second kappa shape index (κ2) is 2.30. The molecule has 1 aromatic rings. The van der Waals surface area contributed by atoms with E-state index in [-0.39, 0.29) is 14.9 Å². The monoisotopic (exact) mass is 199 g/mol. The Labute approximate surface area is 74.2 Å². The number of hydrogen-bond acceptors (Lipinski definition) is 4. The van der Waals surface area contributed by atoms with Crippen LogP contribution in [0.3, 0.4) is 0 Å². The highest BCUT2D eigenvalue weighted by Crippen LogP contribution is 2.27. The lowest BCUT2D eigenvalue weighted by molar-refractivity contribution is 0.0111. The molecule has 0 atom stereocenters. The predicted octanol–water partition coefficient (Wildman–Crippen LogP) is 0.220. The number of rotatable bonds is 0. The molecule has 1 aliphatic heterocycles. The van der Waals surface area contributed by atoms with Crippen molar-refractivity contribution in [3.05, 3.63) is 29.8 Å². The molecule has 1 N–H and O–H groups in total. The highest BCUT2D eigenvalue weighted by molar-refractivity contribution is 7.90. The number of hydrogen-bond donors (Lipinski definition) is 1. The lowest BCUT2D eigenvalue weighted by Gasteiger charge is -2.02. The van der Waals surface area contributed by atoms with Crippen LogP contribution < -0.4 is 0 Å². The van der Waals surface area contributed by atoms with E-state index in [1.807, 2.05) is 0 Å². The summed E-state index contributed by atoms with van der Waals surface area (Å²) in [7, 11) is -3.99. The van der Waals surface area contributed by atoms with Gasteiger partial charge < -0.3 is 0 Å². The van der Waals surface area contributed by atoms with E-state index in [2.05, 4.69) is 0 Å². The fourth-order valence-corrected chi connectivity index (χ4v) is 2.36. The van der Waals surface area contributed by atoms with E-state index in [1.165, 1.54) is 24.3 Å². The number of amides is 1. The van der Waals surface area contributed by atoms with Gasteiger partial charge in [-0.25, -0.2) is 0 Å². The van der Waals surface area contributed by atoms with Gasteiger partial charge >= 0.3 is 0 Å². The van der Waals surface area contributed by atoms with Crippen molar-refractivity contribution in [3.63, 3.8) is 0 Å². The topological polar surface area (TPSA) is 74.7 Å². The number of fused-ring (bicyclic) bond motifs is 1. The maximum atomic E-state index is 11.2. The quantitative estimate of drug-likeness (QED) is 0.606. The van der Waals surface area contributed by atoms with E-state index >= 15 is 0 Å². The zero-order valence-corrected chi connectivity index (χ0v) is 7.15. The van der Waals surface area contributed by atoms with Gasteiger partial charge in [0.1, 0.15) is 4.90 Å². The van der Waals surface area contributed by atoms with Gasteiger partial charge in [-0.2, -0.15) is 8.42 Å². The second-order valence-electron chi connectivity index (χ2n) is 2.55. The molecule has 0 saturated carbocycles. The van der Waals surface area contributed by atoms with Crippen LogP contribution in [0.1, 0.15) is 10.4 Å². The van der Waals surface area contributed by atoms with Crippen molar-refractivity contribution in [1.82, 2.24) is 4.47 Å². The van der Waals surface area contributed by atoms with Crippen molar-refractivity contribution in [1.29, 1.82) is 0 Å². The largest absolute Gasteiger partial charge is 0.293 e. The Morgan fingerprint density at radius 1 is 1.23 bits per heavy atom. The third-order valence-electron chi connectivity index (χ3n) is 1.80. The molecule has 0 saturated heterocycles. The minimum absolute atomic E-state index is 0.00463. The van der Waals surface area contributed by atoms with Crippen LogP contribution in [0.2, 0.25) is 0 Å². The Balaban J connectivity index is 2.83. The lowest BCUT2D eigenvalue weighted by Crippen LogP contribution is -2.25. The van der Waals surface area contributed by atoms with Crippen LogP contribution in [-0.2, 0) is 10.0 Å². The molecule has 0 fully saturated rings. The van der Waals surface area contributed by atoms with E-state index < -0.39 is 15.9 Å². The SMILES string of the molecule is O=C1c2ccccc2S(=O)(=O)N1O. The summed E-state index contributed by atoms with van der Waals surface area (Å²) in [6.07, 6.45) is 0. The van der Waals surface area contributed by atoms with Gasteiger partial charge in [0.2, 0.25) is 0 Å². The number of carbonyl (C=O) groups is 1. The summed E-state index contributed by atoms with van der Waals surface area (Å²) < 4.78 is 22.3. The zero-order chi connectivity index (χ0) is 9.64. The summed E-state index contributed by atoms with van der Waals surface area (Å²) in [5, 5.41) is 8.94. The first-order chi connectivity index (χ1) is 6.05. The van der Waals surface area contributed by atoms with E-state index in [0.29, 0.717) is 0 Å². The van der Waals surface area contributed by atoms with Crippen LogP contribution >= 0.6 is 0 Å². The van der Waals surface area contributed by atoms with E-state index in [4.69, 9.17) is 5.21 Å². The van der Waals surface area contributed by atoms with Gasteiger partial charge in [-0.1, -0.05) is 12.1 Å². The van der Waals surface area contributed by atoms with Crippen LogP contribution in [0.25, 0.3) is 0 Å². The minimum Gasteiger partial charge on any atom is -0.271 e. The van der Waals surface area contributed by atoms with E-state index in [0.717, 1.165) is 0 Å². The molecule has 13 heavy (non-hydrogen) atoms. The smallest absolute Gasteiger partial charge is 0.271 e. The molecule has 1 aliphatic rings. The molecule has 0 bridgehead atoms. The number of hydroxylamine groups is 1. The van der Waals surface area contributed by atoms with Crippen molar-refractivity contribution >= 4 is 15.9 Å². The molecule has 6 heteroatoms. The normalized spacial score (nSPS) is 18.8. The lowest BCUT2D eigenvalue weighted by atomic mass is 10.2. The van der Waals surface area contributed by atoms with Gasteiger partial charge in [0.15, 0.2) is 0 Å². The molecular weight excluding hydrogens is 194 g/mol. The fraction of sp³-hybridized carbons (Fsp3) is 0. The maximum absolute atomic E-state index is 11.2. The fourth-order valence-electron chi connectivity index (χ4n) is 1.17. The van der Waals surface area contributed by atoms with Gasteiger partial charge in [0.25, 0.3) is 15.9 Å². The van der Waals surface area contributed by atoms with Crippen LogP contribution in [0.15, 0.2) is 29.2 Å². The number of carbonyl (C=O) groups excluding carboxylic acids is 1. The van der Waals surface area contributed by atoms with Crippen molar-refractivity contribution in [2.45, 2.75) is 4.90 Å². The average Bonchev–Trinajstić information content (AvgIpc) is 2.30.